The van der Waals surface area contributed by atoms with Gasteiger partial charge in [0.2, 0.25) is 0 Å². The van der Waals surface area contributed by atoms with E-state index in [0.717, 1.165) is 0 Å². The quantitative estimate of drug-likeness (QED) is 0.627. The molecule has 2 aliphatic carbocycles. The summed E-state index contributed by atoms with van der Waals surface area (Å²) in [5, 5.41) is 0. The van der Waals surface area contributed by atoms with Crippen LogP contribution in [0.15, 0.2) is 48.6 Å². The van der Waals surface area contributed by atoms with Gasteiger partial charge in [-0.15, -0.1) is 0 Å². The van der Waals surface area contributed by atoms with Crippen molar-refractivity contribution in [3.05, 3.63) is 48.6 Å². The van der Waals surface area contributed by atoms with Gasteiger partial charge in [0.25, 0.3) is 0 Å². The first-order chi connectivity index (χ1) is 8.41. The van der Waals surface area contributed by atoms with Crippen molar-refractivity contribution in [3.8, 4) is 0 Å². The third-order valence-corrected chi connectivity index (χ3v) is 5.76. The average Bonchev–Trinajstić information content (AvgIpc) is 2.36. The maximum atomic E-state index is 2.42. The minimum Gasteiger partial charge on any atom is -0.0808 e. The van der Waals surface area contributed by atoms with E-state index in [2.05, 4.69) is 83.2 Å². The Morgan fingerprint density at radius 1 is 0.778 bits per heavy atom. The molecular formula is C18H26. The second-order valence-electron chi connectivity index (χ2n) is 6.52. The molecule has 0 saturated carbocycles. The second-order valence-corrected chi connectivity index (χ2v) is 6.52. The molecule has 0 aromatic heterocycles. The van der Waals surface area contributed by atoms with Gasteiger partial charge in [-0.25, -0.2) is 0 Å². The van der Waals surface area contributed by atoms with Gasteiger partial charge in [-0.05, 0) is 28.6 Å². The number of rotatable bonds is 2. The summed E-state index contributed by atoms with van der Waals surface area (Å²) < 4.78 is 0. The number of hydrogen-bond donors (Lipinski definition) is 0. The molecule has 0 bridgehead atoms. The Balaban J connectivity index is 2.34. The third kappa shape index (κ3) is 1.92. The van der Waals surface area contributed by atoms with E-state index in [4.69, 9.17) is 0 Å². The largest absolute Gasteiger partial charge is 0.0808 e. The second kappa shape index (κ2) is 4.57. The summed E-state index contributed by atoms with van der Waals surface area (Å²) in [5.74, 6) is 1.80. The van der Waals surface area contributed by atoms with Crippen molar-refractivity contribution in [2.75, 3.05) is 0 Å². The minimum atomic E-state index is 0.243. The zero-order valence-corrected chi connectivity index (χ0v) is 12.4. The van der Waals surface area contributed by atoms with E-state index in [-0.39, 0.29) is 10.8 Å². The van der Waals surface area contributed by atoms with Crippen LogP contribution in [0.4, 0.5) is 0 Å². The molecule has 2 aliphatic rings. The van der Waals surface area contributed by atoms with Gasteiger partial charge >= 0.3 is 0 Å². The Bertz CT molecular complexity index is 383. The van der Waals surface area contributed by atoms with Gasteiger partial charge in [-0.1, -0.05) is 83.2 Å². The molecule has 0 heterocycles. The highest BCUT2D eigenvalue weighted by Gasteiger charge is 2.45. The minimum absolute atomic E-state index is 0.243. The molecule has 2 rings (SSSR count). The first-order valence-electron chi connectivity index (χ1n) is 7.13. The van der Waals surface area contributed by atoms with Crippen molar-refractivity contribution in [3.63, 3.8) is 0 Å². The fourth-order valence-electron chi connectivity index (χ4n) is 3.45. The molecule has 4 unspecified atom stereocenters. The summed E-state index contributed by atoms with van der Waals surface area (Å²) >= 11 is 0. The van der Waals surface area contributed by atoms with Crippen LogP contribution >= 0.6 is 0 Å². The molecule has 0 amide bonds. The molecule has 0 heteroatoms. The maximum Gasteiger partial charge on any atom is -0.00492 e. The molecule has 0 aliphatic heterocycles. The molecule has 18 heavy (non-hydrogen) atoms. The van der Waals surface area contributed by atoms with E-state index in [1.54, 1.807) is 0 Å². The Kier molecular flexibility index (Phi) is 3.40. The lowest BCUT2D eigenvalue weighted by Gasteiger charge is -2.49. The van der Waals surface area contributed by atoms with Crippen molar-refractivity contribution in [1.82, 2.24) is 0 Å². The zero-order valence-electron chi connectivity index (χ0n) is 12.4. The summed E-state index contributed by atoms with van der Waals surface area (Å²) in [4.78, 5) is 0. The van der Waals surface area contributed by atoms with Gasteiger partial charge < -0.3 is 0 Å². The topological polar surface area (TPSA) is 0 Å². The van der Waals surface area contributed by atoms with Crippen LogP contribution in [0.1, 0.15) is 34.6 Å². The highest BCUT2D eigenvalue weighted by Crippen LogP contribution is 2.52. The summed E-state index contributed by atoms with van der Waals surface area (Å²) in [6.45, 7) is 11.9. The van der Waals surface area contributed by atoms with E-state index in [0.29, 0.717) is 17.8 Å². The molecule has 0 nitrogen and oxygen atoms in total. The molecule has 0 fully saturated rings. The first-order valence-corrected chi connectivity index (χ1v) is 7.13. The summed E-state index contributed by atoms with van der Waals surface area (Å²) in [7, 11) is 0. The number of hydrogen-bond acceptors (Lipinski definition) is 0. The lowest BCUT2D eigenvalue weighted by Crippen LogP contribution is -2.43. The fourth-order valence-corrected chi connectivity index (χ4v) is 3.45. The van der Waals surface area contributed by atoms with Gasteiger partial charge in [0.15, 0.2) is 0 Å². The fraction of sp³-hybridized carbons (Fsp3) is 0.556. The maximum absolute atomic E-state index is 2.42. The Morgan fingerprint density at radius 3 is 1.50 bits per heavy atom. The van der Waals surface area contributed by atoms with Gasteiger partial charge in [-0.2, -0.15) is 0 Å². The van der Waals surface area contributed by atoms with Crippen LogP contribution in [0.2, 0.25) is 0 Å². The van der Waals surface area contributed by atoms with E-state index >= 15 is 0 Å². The van der Waals surface area contributed by atoms with Crippen LogP contribution < -0.4 is 0 Å². The Morgan fingerprint density at radius 2 is 1.17 bits per heavy atom. The Hall–Kier alpha value is -1.04. The van der Waals surface area contributed by atoms with Crippen LogP contribution in [-0.2, 0) is 0 Å². The van der Waals surface area contributed by atoms with E-state index < -0.39 is 0 Å². The predicted molar refractivity (Wildman–Crippen MR) is 80.3 cm³/mol. The van der Waals surface area contributed by atoms with Crippen molar-refractivity contribution in [2.24, 2.45) is 28.6 Å². The number of allylic oxidation sites excluding steroid dienone is 8. The lowest BCUT2D eigenvalue weighted by molar-refractivity contribution is 0.0760. The molecular weight excluding hydrogens is 216 g/mol. The molecule has 98 valence electrons. The van der Waals surface area contributed by atoms with Gasteiger partial charge in [0.1, 0.15) is 0 Å². The summed E-state index contributed by atoms with van der Waals surface area (Å²) in [6.07, 6.45) is 18.3. The van der Waals surface area contributed by atoms with Gasteiger partial charge in [0, 0.05) is 0 Å². The van der Waals surface area contributed by atoms with E-state index in [1.807, 2.05) is 0 Å². The summed E-state index contributed by atoms with van der Waals surface area (Å²) in [6, 6.07) is 0. The predicted octanol–water partition coefficient (Wildman–Crippen LogP) is 5.16. The van der Waals surface area contributed by atoms with Crippen LogP contribution in [-0.4, -0.2) is 0 Å². The molecule has 0 aromatic rings. The highest BCUT2D eigenvalue weighted by atomic mass is 14.5. The van der Waals surface area contributed by atoms with Gasteiger partial charge in [0.05, 0.1) is 0 Å². The van der Waals surface area contributed by atoms with E-state index in [1.165, 1.54) is 0 Å². The monoisotopic (exact) mass is 242 g/mol. The van der Waals surface area contributed by atoms with Crippen molar-refractivity contribution >= 4 is 0 Å². The van der Waals surface area contributed by atoms with Crippen molar-refractivity contribution in [2.45, 2.75) is 34.6 Å². The standard InChI is InChI=1S/C18H26/c1-14-10-6-8-12-17(14,4)16(3)18(5)13-9-7-11-15(18)2/h6-16H,1-5H3. The molecule has 0 saturated heterocycles. The van der Waals surface area contributed by atoms with Crippen LogP contribution in [0.5, 0.6) is 0 Å². The molecule has 0 aromatic carbocycles. The molecule has 0 N–H and O–H groups in total. The highest BCUT2D eigenvalue weighted by molar-refractivity contribution is 5.25. The average molecular weight is 242 g/mol. The molecule has 0 spiro atoms. The van der Waals surface area contributed by atoms with Crippen molar-refractivity contribution in [1.29, 1.82) is 0 Å². The lowest BCUT2D eigenvalue weighted by atomic mass is 9.54. The SMILES string of the molecule is CC1C=CC=CC1(C)C(C)C1(C)C=CC=CC1C. The molecule has 4 atom stereocenters. The summed E-state index contributed by atoms with van der Waals surface area (Å²) in [5.41, 5.74) is 0.487. The van der Waals surface area contributed by atoms with Gasteiger partial charge in [-0.3, -0.25) is 0 Å². The van der Waals surface area contributed by atoms with Crippen LogP contribution in [0.25, 0.3) is 0 Å². The van der Waals surface area contributed by atoms with Crippen LogP contribution in [0, 0.1) is 28.6 Å². The normalized spacial score (nSPS) is 44.3. The first kappa shape index (κ1) is 13.4. The smallest absolute Gasteiger partial charge is 0.00492 e. The Labute approximate surface area is 112 Å². The van der Waals surface area contributed by atoms with Crippen molar-refractivity contribution < 1.29 is 0 Å². The van der Waals surface area contributed by atoms with Crippen LogP contribution in [0.3, 0.4) is 0 Å². The zero-order chi connectivity index (χ0) is 13.4. The third-order valence-electron chi connectivity index (χ3n) is 5.76. The van der Waals surface area contributed by atoms with E-state index in [9.17, 15) is 0 Å². The molecule has 0 radical (unpaired) electrons.